The van der Waals surface area contributed by atoms with Crippen LogP contribution in [0.2, 0.25) is 0 Å². The fourth-order valence-electron chi connectivity index (χ4n) is 1.97. The van der Waals surface area contributed by atoms with E-state index in [1.54, 1.807) is 42.1 Å². The molecular weight excluding hydrogens is 256 g/mol. The SMILES string of the molecule is CCOC(=O)c1ccc(-n2ncc(C(C)=O)c2C)cc1. The maximum Gasteiger partial charge on any atom is 0.338 e. The van der Waals surface area contributed by atoms with E-state index in [1.165, 1.54) is 6.92 Å². The van der Waals surface area contributed by atoms with Crippen LogP contribution >= 0.6 is 0 Å². The molecule has 5 heteroatoms. The van der Waals surface area contributed by atoms with E-state index in [1.807, 2.05) is 6.92 Å². The summed E-state index contributed by atoms with van der Waals surface area (Å²) < 4.78 is 6.60. The van der Waals surface area contributed by atoms with Gasteiger partial charge in [0.1, 0.15) is 0 Å². The zero-order chi connectivity index (χ0) is 14.7. The minimum absolute atomic E-state index is 0.0168. The van der Waals surface area contributed by atoms with Gasteiger partial charge in [-0.15, -0.1) is 0 Å². The molecule has 0 bridgehead atoms. The van der Waals surface area contributed by atoms with Crippen LogP contribution in [0.15, 0.2) is 30.5 Å². The normalized spacial score (nSPS) is 10.3. The number of aromatic nitrogens is 2. The largest absolute Gasteiger partial charge is 0.462 e. The number of hydrogen-bond acceptors (Lipinski definition) is 4. The molecular formula is C15H16N2O3. The number of ether oxygens (including phenoxy) is 1. The molecule has 0 spiro atoms. The van der Waals surface area contributed by atoms with Gasteiger partial charge in [0.05, 0.1) is 35.3 Å². The molecule has 0 N–H and O–H groups in total. The van der Waals surface area contributed by atoms with Gasteiger partial charge in [-0.1, -0.05) is 0 Å². The molecule has 20 heavy (non-hydrogen) atoms. The van der Waals surface area contributed by atoms with Crippen molar-refractivity contribution < 1.29 is 14.3 Å². The first-order valence-electron chi connectivity index (χ1n) is 6.37. The molecule has 5 nitrogen and oxygen atoms in total. The van der Waals surface area contributed by atoms with Crippen molar-refractivity contribution in [2.24, 2.45) is 0 Å². The van der Waals surface area contributed by atoms with E-state index < -0.39 is 0 Å². The Hall–Kier alpha value is -2.43. The summed E-state index contributed by atoms with van der Waals surface area (Å²) in [5.74, 6) is -0.363. The second kappa shape index (κ2) is 5.69. The number of hydrogen-bond donors (Lipinski definition) is 0. The summed E-state index contributed by atoms with van der Waals surface area (Å²) in [6.07, 6.45) is 1.55. The van der Waals surface area contributed by atoms with Crippen molar-refractivity contribution in [2.75, 3.05) is 6.61 Å². The molecule has 1 aromatic heterocycles. The Kier molecular flexibility index (Phi) is 3.98. The minimum Gasteiger partial charge on any atom is -0.462 e. The highest BCUT2D eigenvalue weighted by atomic mass is 16.5. The molecule has 0 saturated heterocycles. The highest BCUT2D eigenvalue weighted by molar-refractivity contribution is 5.95. The maximum atomic E-state index is 11.6. The van der Waals surface area contributed by atoms with Crippen molar-refractivity contribution >= 4 is 11.8 Å². The molecule has 0 aliphatic heterocycles. The van der Waals surface area contributed by atoms with Crippen molar-refractivity contribution in [3.8, 4) is 5.69 Å². The fourth-order valence-corrected chi connectivity index (χ4v) is 1.97. The summed E-state index contributed by atoms with van der Waals surface area (Å²) in [5, 5.41) is 4.20. The van der Waals surface area contributed by atoms with Crippen molar-refractivity contribution in [1.82, 2.24) is 9.78 Å². The van der Waals surface area contributed by atoms with Crippen molar-refractivity contribution in [2.45, 2.75) is 20.8 Å². The zero-order valence-corrected chi connectivity index (χ0v) is 11.7. The third-order valence-electron chi connectivity index (χ3n) is 3.01. The topological polar surface area (TPSA) is 61.2 Å². The van der Waals surface area contributed by atoms with Crippen LogP contribution in [-0.2, 0) is 4.74 Å². The number of benzene rings is 1. The monoisotopic (exact) mass is 272 g/mol. The predicted octanol–water partition coefficient (Wildman–Crippen LogP) is 2.56. The predicted molar refractivity (Wildman–Crippen MR) is 74.3 cm³/mol. The molecule has 0 atom stereocenters. The molecule has 0 aliphatic carbocycles. The standard InChI is InChI=1S/C15H16N2O3/c1-4-20-15(19)12-5-7-13(8-6-12)17-10(2)14(9-16-17)11(3)18/h5-9H,4H2,1-3H3. The van der Waals surface area contributed by atoms with E-state index in [2.05, 4.69) is 5.10 Å². The Balaban J connectivity index is 2.31. The number of ketones is 1. The number of carbonyl (C=O) groups excluding carboxylic acids is 2. The Morgan fingerprint density at radius 2 is 1.90 bits per heavy atom. The smallest absolute Gasteiger partial charge is 0.338 e. The molecule has 0 radical (unpaired) electrons. The number of Topliss-reactive ketones (excluding diaryl/α,β-unsaturated/α-hetero) is 1. The van der Waals surface area contributed by atoms with Gasteiger partial charge >= 0.3 is 5.97 Å². The van der Waals surface area contributed by atoms with Gasteiger partial charge in [0.15, 0.2) is 5.78 Å². The lowest BCUT2D eigenvalue weighted by molar-refractivity contribution is 0.0526. The zero-order valence-electron chi connectivity index (χ0n) is 11.7. The van der Waals surface area contributed by atoms with Crippen LogP contribution in [0.4, 0.5) is 0 Å². The summed E-state index contributed by atoms with van der Waals surface area (Å²) in [4.78, 5) is 23.0. The Labute approximate surface area is 117 Å². The fraction of sp³-hybridized carbons (Fsp3) is 0.267. The first-order chi connectivity index (χ1) is 9.54. The lowest BCUT2D eigenvalue weighted by atomic mass is 10.2. The van der Waals surface area contributed by atoms with E-state index >= 15 is 0 Å². The van der Waals surface area contributed by atoms with E-state index in [0.29, 0.717) is 17.7 Å². The molecule has 0 unspecified atom stereocenters. The van der Waals surface area contributed by atoms with E-state index in [9.17, 15) is 9.59 Å². The van der Waals surface area contributed by atoms with Crippen molar-refractivity contribution in [3.63, 3.8) is 0 Å². The van der Waals surface area contributed by atoms with Crippen molar-refractivity contribution in [1.29, 1.82) is 0 Å². The molecule has 0 aliphatic rings. The minimum atomic E-state index is -0.347. The summed E-state index contributed by atoms with van der Waals surface area (Å²) in [5.41, 5.74) is 2.66. The van der Waals surface area contributed by atoms with Gasteiger partial charge in [-0.2, -0.15) is 5.10 Å². The van der Waals surface area contributed by atoms with Crippen LogP contribution < -0.4 is 0 Å². The number of esters is 1. The van der Waals surface area contributed by atoms with Crippen molar-refractivity contribution in [3.05, 3.63) is 47.3 Å². The third-order valence-corrected chi connectivity index (χ3v) is 3.01. The molecule has 0 saturated carbocycles. The average Bonchev–Trinajstić information content (AvgIpc) is 2.81. The summed E-state index contributed by atoms with van der Waals surface area (Å²) in [6.45, 7) is 5.46. The highest BCUT2D eigenvalue weighted by Gasteiger charge is 2.12. The number of nitrogens with zero attached hydrogens (tertiary/aromatic N) is 2. The van der Waals surface area contributed by atoms with Gasteiger partial charge < -0.3 is 4.74 Å². The Bertz CT molecular complexity index is 642. The first kappa shape index (κ1) is 14.0. The van der Waals surface area contributed by atoms with E-state index in [4.69, 9.17) is 4.74 Å². The quantitative estimate of drug-likeness (QED) is 0.634. The molecule has 1 aromatic carbocycles. The van der Waals surface area contributed by atoms with Gasteiger partial charge in [-0.3, -0.25) is 4.79 Å². The van der Waals surface area contributed by atoms with Gasteiger partial charge in [0.25, 0.3) is 0 Å². The van der Waals surface area contributed by atoms with Crippen LogP contribution in [0.3, 0.4) is 0 Å². The molecule has 1 heterocycles. The van der Waals surface area contributed by atoms with Crippen LogP contribution in [0.5, 0.6) is 0 Å². The van der Waals surface area contributed by atoms with Crippen LogP contribution in [-0.4, -0.2) is 28.1 Å². The summed E-state index contributed by atoms with van der Waals surface area (Å²) in [6, 6.07) is 6.91. The maximum absolute atomic E-state index is 11.6. The van der Waals surface area contributed by atoms with Gasteiger partial charge in [0.2, 0.25) is 0 Å². The van der Waals surface area contributed by atoms with Crippen LogP contribution in [0, 0.1) is 6.92 Å². The Morgan fingerprint density at radius 1 is 1.25 bits per heavy atom. The Morgan fingerprint density at radius 3 is 2.40 bits per heavy atom. The summed E-state index contributed by atoms with van der Waals surface area (Å²) in [7, 11) is 0. The average molecular weight is 272 g/mol. The first-order valence-corrected chi connectivity index (χ1v) is 6.37. The lowest BCUT2D eigenvalue weighted by Crippen LogP contribution is -2.05. The van der Waals surface area contributed by atoms with Crippen LogP contribution in [0.25, 0.3) is 5.69 Å². The van der Waals surface area contributed by atoms with Crippen LogP contribution in [0.1, 0.15) is 40.3 Å². The molecule has 0 amide bonds. The molecule has 2 aromatic rings. The van der Waals surface area contributed by atoms with Gasteiger partial charge in [-0.05, 0) is 45.0 Å². The number of carbonyl (C=O) groups is 2. The second-order valence-corrected chi connectivity index (χ2v) is 4.38. The highest BCUT2D eigenvalue weighted by Crippen LogP contribution is 2.15. The molecule has 104 valence electrons. The van der Waals surface area contributed by atoms with Gasteiger partial charge in [-0.25, -0.2) is 9.48 Å². The third kappa shape index (κ3) is 2.61. The lowest BCUT2D eigenvalue weighted by Gasteiger charge is -2.06. The molecule has 0 fully saturated rings. The summed E-state index contributed by atoms with van der Waals surface area (Å²) >= 11 is 0. The van der Waals surface area contributed by atoms with E-state index in [-0.39, 0.29) is 11.8 Å². The second-order valence-electron chi connectivity index (χ2n) is 4.38. The molecule has 2 rings (SSSR count). The number of rotatable bonds is 4. The van der Waals surface area contributed by atoms with E-state index in [0.717, 1.165) is 11.4 Å². The van der Waals surface area contributed by atoms with Gasteiger partial charge in [0, 0.05) is 0 Å².